The van der Waals surface area contributed by atoms with Crippen molar-refractivity contribution in [1.82, 2.24) is 0 Å². The monoisotopic (exact) mass is 548 g/mol. The number of nitrogens with zero attached hydrogens (tertiary/aromatic N) is 2. The fourth-order valence-electron chi connectivity index (χ4n) is 4.31. The highest BCUT2D eigenvalue weighted by Crippen LogP contribution is 2.41. The smallest absolute Gasteiger partial charge is 0.226 e. The lowest BCUT2D eigenvalue weighted by atomic mass is 9.78. The number of hydrogen-bond donors (Lipinski definition) is 2. The van der Waals surface area contributed by atoms with Crippen LogP contribution in [0.25, 0.3) is 12.2 Å². The van der Waals surface area contributed by atoms with E-state index >= 15 is 0 Å². The number of benzene rings is 2. The van der Waals surface area contributed by atoms with E-state index in [1.54, 1.807) is 36.4 Å². The number of rotatable bonds is 6. The molecule has 6 nitrogen and oxygen atoms in total. The molecule has 0 saturated carbocycles. The lowest BCUT2D eigenvalue weighted by molar-refractivity contribution is 0.423. The Balaban J connectivity index is 2.81. The normalized spacial score (nSPS) is 13.5. The minimum atomic E-state index is -4.47. The van der Waals surface area contributed by atoms with Gasteiger partial charge in [-0.25, -0.2) is 8.42 Å². The van der Waals surface area contributed by atoms with Crippen LogP contribution in [0.15, 0.2) is 34.1 Å². The fourth-order valence-corrected chi connectivity index (χ4v) is 5.37. The highest BCUT2D eigenvalue weighted by molar-refractivity contribution is 7.99. The number of phenols is 2. The summed E-state index contributed by atoms with van der Waals surface area (Å²) < 4.78 is 27.1. The van der Waals surface area contributed by atoms with Crippen molar-refractivity contribution in [3.05, 3.63) is 67.5 Å². The summed E-state index contributed by atoms with van der Waals surface area (Å²) in [7, 11) is -4.47. The van der Waals surface area contributed by atoms with Gasteiger partial charge in [-0.3, -0.25) is 0 Å². The highest BCUT2D eigenvalue weighted by atomic mass is 32.2. The van der Waals surface area contributed by atoms with Crippen LogP contribution in [0.2, 0.25) is 0 Å². The molecular formula is C32H40N2O4S. The summed E-state index contributed by atoms with van der Waals surface area (Å²) in [5.74, 6) is 0.236. The second kappa shape index (κ2) is 11.3. The van der Waals surface area contributed by atoms with Crippen LogP contribution in [0.1, 0.15) is 114 Å². The summed E-state index contributed by atoms with van der Waals surface area (Å²) >= 11 is 0. The average molecular weight is 549 g/mol. The molecule has 39 heavy (non-hydrogen) atoms. The minimum absolute atomic E-state index is 0.0314. The second-order valence-corrected chi connectivity index (χ2v) is 14.5. The van der Waals surface area contributed by atoms with Gasteiger partial charge in [0.2, 0.25) is 9.84 Å². The maximum Gasteiger partial charge on any atom is 0.226 e. The third-order valence-electron chi connectivity index (χ3n) is 6.58. The van der Waals surface area contributed by atoms with E-state index in [0.717, 1.165) is 0 Å². The molecule has 0 aliphatic carbocycles. The van der Waals surface area contributed by atoms with Crippen molar-refractivity contribution in [3.8, 4) is 23.6 Å². The van der Waals surface area contributed by atoms with Gasteiger partial charge >= 0.3 is 0 Å². The molecule has 208 valence electrons. The molecule has 7 heteroatoms. The second-order valence-electron chi connectivity index (χ2n) is 12.6. The lowest BCUT2D eigenvalue weighted by Crippen LogP contribution is -2.17. The number of phenolic OH excluding ortho intramolecular Hbond substituents is 2. The van der Waals surface area contributed by atoms with E-state index in [9.17, 15) is 29.2 Å². The van der Waals surface area contributed by atoms with E-state index in [-0.39, 0.29) is 23.3 Å². The Bertz CT molecular complexity index is 1450. The zero-order valence-electron chi connectivity index (χ0n) is 24.6. The van der Waals surface area contributed by atoms with Crippen LogP contribution in [0.3, 0.4) is 0 Å². The zero-order chi connectivity index (χ0) is 30.1. The SMILES string of the molecule is CC(C)c1cc(C=C(C#N)S(=O)(=O)C(C#N)=Cc2cc(C(C)(C)C)c(O)c(C(C)(C)C)c2)cc(C(C)C)c1O. The summed E-state index contributed by atoms with van der Waals surface area (Å²) in [6.07, 6.45) is 2.50. The first kappa shape index (κ1) is 31.7. The Labute approximate surface area is 233 Å². The van der Waals surface area contributed by atoms with Gasteiger partial charge in [-0.05, 0) is 81.3 Å². The molecule has 0 fully saturated rings. The predicted molar refractivity (Wildman–Crippen MR) is 158 cm³/mol. The fraction of sp³-hybridized carbons (Fsp3) is 0.438. The van der Waals surface area contributed by atoms with E-state index in [2.05, 4.69) is 0 Å². The Morgan fingerprint density at radius 1 is 0.718 bits per heavy atom. The zero-order valence-corrected chi connectivity index (χ0v) is 25.4. The van der Waals surface area contributed by atoms with Gasteiger partial charge in [0.15, 0.2) is 9.81 Å². The van der Waals surface area contributed by atoms with Gasteiger partial charge in [0.1, 0.15) is 23.6 Å². The quantitative estimate of drug-likeness (QED) is 0.355. The van der Waals surface area contributed by atoms with Crippen molar-refractivity contribution in [2.24, 2.45) is 0 Å². The predicted octanol–water partition coefficient (Wildman–Crippen LogP) is 7.78. The molecule has 0 heterocycles. The van der Waals surface area contributed by atoms with Crippen LogP contribution in [-0.2, 0) is 20.7 Å². The number of hydrogen-bond acceptors (Lipinski definition) is 6. The van der Waals surface area contributed by atoms with E-state index in [1.807, 2.05) is 69.2 Å². The van der Waals surface area contributed by atoms with Gasteiger partial charge < -0.3 is 10.2 Å². The van der Waals surface area contributed by atoms with Gasteiger partial charge in [-0.1, -0.05) is 69.2 Å². The third kappa shape index (κ3) is 6.91. The summed E-state index contributed by atoms with van der Waals surface area (Å²) in [6, 6.07) is 10.2. The Hall–Kier alpha value is -3.55. The first-order valence-corrected chi connectivity index (χ1v) is 14.5. The molecular weight excluding hydrogens is 508 g/mol. The molecule has 2 N–H and O–H groups in total. The molecule has 0 radical (unpaired) electrons. The van der Waals surface area contributed by atoms with Crippen molar-refractivity contribution >= 4 is 22.0 Å². The van der Waals surface area contributed by atoms with Crippen LogP contribution in [0.4, 0.5) is 0 Å². The minimum Gasteiger partial charge on any atom is -0.507 e. The molecule has 0 aliphatic rings. The van der Waals surface area contributed by atoms with Gasteiger partial charge in [0, 0.05) is 11.1 Å². The summed E-state index contributed by atoms with van der Waals surface area (Å²) in [6.45, 7) is 19.3. The van der Waals surface area contributed by atoms with Crippen molar-refractivity contribution in [1.29, 1.82) is 10.5 Å². The number of nitriles is 2. The summed E-state index contributed by atoms with van der Waals surface area (Å²) in [5.41, 5.74) is 2.54. The van der Waals surface area contributed by atoms with Crippen LogP contribution < -0.4 is 0 Å². The first-order chi connectivity index (χ1) is 17.7. The van der Waals surface area contributed by atoms with E-state index in [1.165, 1.54) is 12.2 Å². The molecule has 0 spiro atoms. The van der Waals surface area contributed by atoms with Gasteiger partial charge in [-0.2, -0.15) is 10.5 Å². The molecule has 2 rings (SSSR count). The van der Waals surface area contributed by atoms with E-state index in [0.29, 0.717) is 33.4 Å². The van der Waals surface area contributed by atoms with Crippen LogP contribution in [0, 0.1) is 22.7 Å². The molecule has 2 aromatic rings. The van der Waals surface area contributed by atoms with Crippen LogP contribution in [0.5, 0.6) is 11.5 Å². The Morgan fingerprint density at radius 3 is 1.33 bits per heavy atom. The van der Waals surface area contributed by atoms with Crippen molar-refractivity contribution in [3.63, 3.8) is 0 Å². The molecule has 0 bridgehead atoms. The Morgan fingerprint density at radius 2 is 1.05 bits per heavy atom. The largest absolute Gasteiger partial charge is 0.507 e. The van der Waals surface area contributed by atoms with Crippen molar-refractivity contribution < 1.29 is 18.6 Å². The van der Waals surface area contributed by atoms with Crippen LogP contribution in [-0.4, -0.2) is 18.6 Å². The third-order valence-corrected chi connectivity index (χ3v) is 8.15. The average Bonchev–Trinajstić information content (AvgIpc) is 2.80. The molecule has 2 aromatic carbocycles. The lowest BCUT2D eigenvalue weighted by Gasteiger charge is -2.28. The summed E-state index contributed by atoms with van der Waals surface area (Å²) in [4.78, 5) is -1.15. The Kier molecular flexibility index (Phi) is 9.16. The summed E-state index contributed by atoms with van der Waals surface area (Å²) in [5, 5.41) is 41.5. The van der Waals surface area contributed by atoms with E-state index in [4.69, 9.17) is 0 Å². The topological polar surface area (TPSA) is 122 Å². The van der Waals surface area contributed by atoms with Gasteiger partial charge in [-0.15, -0.1) is 0 Å². The molecule has 0 saturated heterocycles. The van der Waals surface area contributed by atoms with E-state index < -0.39 is 30.5 Å². The first-order valence-electron chi connectivity index (χ1n) is 13.0. The number of aromatic hydroxyl groups is 2. The number of sulfone groups is 1. The highest BCUT2D eigenvalue weighted by Gasteiger charge is 2.28. The number of allylic oxidation sites excluding steroid dienone is 2. The molecule has 0 aromatic heterocycles. The standard InChI is InChI=1S/C32H40N2O4S/c1-19(2)25-13-21(14-26(20(3)4)29(25)35)11-23(17-33)39(37,38)24(18-34)12-22-15-27(31(5,6)7)30(36)28(16-22)32(8,9)10/h11-16,19-20,35-36H,1-10H3. The molecule has 0 amide bonds. The van der Waals surface area contributed by atoms with Crippen molar-refractivity contribution in [2.45, 2.75) is 91.9 Å². The maximum absolute atomic E-state index is 13.6. The van der Waals surface area contributed by atoms with Crippen LogP contribution >= 0.6 is 0 Å². The molecule has 0 unspecified atom stereocenters. The van der Waals surface area contributed by atoms with Gasteiger partial charge in [0.05, 0.1) is 0 Å². The van der Waals surface area contributed by atoms with Gasteiger partial charge in [0.25, 0.3) is 0 Å². The van der Waals surface area contributed by atoms with Crippen molar-refractivity contribution in [2.75, 3.05) is 0 Å². The molecule has 0 atom stereocenters. The molecule has 0 aliphatic heterocycles. The maximum atomic E-state index is 13.6.